The molecule has 1 aliphatic carbocycles. The van der Waals surface area contributed by atoms with E-state index in [1.54, 1.807) is 6.07 Å². The molecule has 1 N–H and O–H groups in total. The van der Waals surface area contributed by atoms with Crippen molar-refractivity contribution in [1.29, 1.82) is 0 Å². The second-order valence-corrected chi connectivity index (χ2v) is 6.64. The zero-order valence-electron chi connectivity index (χ0n) is 14.4. The zero-order valence-corrected chi connectivity index (χ0v) is 15.1. The summed E-state index contributed by atoms with van der Waals surface area (Å²) in [7, 11) is 0. The van der Waals surface area contributed by atoms with E-state index in [1.165, 1.54) is 17.7 Å². The first-order valence-electron chi connectivity index (χ1n) is 8.47. The smallest absolute Gasteiger partial charge is 0.338 e. The van der Waals surface area contributed by atoms with Crippen LogP contribution in [-0.4, -0.2) is 23.4 Å². The first-order chi connectivity index (χ1) is 12.9. The maximum absolute atomic E-state index is 12.2. The van der Waals surface area contributed by atoms with Crippen molar-refractivity contribution in [3.8, 4) is 0 Å². The number of nitrogens with zero attached hydrogens (tertiary/aromatic N) is 1. The number of esters is 1. The lowest BCUT2D eigenvalue weighted by molar-refractivity contribution is -0.384. The number of anilines is 1. The molecule has 1 amide bonds. The number of nitrogens with one attached hydrogen (secondary N) is 1. The predicted octanol–water partition coefficient (Wildman–Crippen LogP) is 3.92. The van der Waals surface area contributed by atoms with Crippen LogP contribution in [0.5, 0.6) is 0 Å². The van der Waals surface area contributed by atoms with E-state index in [1.807, 2.05) is 12.1 Å². The van der Waals surface area contributed by atoms with Gasteiger partial charge in [0, 0.05) is 12.1 Å². The summed E-state index contributed by atoms with van der Waals surface area (Å²) in [6.07, 6.45) is 4.21. The molecule has 0 heterocycles. The molecule has 0 saturated carbocycles. The largest absolute Gasteiger partial charge is 0.452 e. The Morgan fingerprint density at radius 3 is 2.56 bits per heavy atom. The third-order valence-electron chi connectivity index (χ3n) is 4.36. The van der Waals surface area contributed by atoms with Gasteiger partial charge in [-0.05, 0) is 55.0 Å². The van der Waals surface area contributed by atoms with E-state index in [2.05, 4.69) is 5.32 Å². The fraction of sp³-hybridized carbons (Fsp3) is 0.263. The number of benzene rings is 2. The molecule has 2 aromatic carbocycles. The van der Waals surface area contributed by atoms with E-state index < -0.39 is 23.4 Å². The number of nitro groups is 1. The second kappa shape index (κ2) is 8.18. The fourth-order valence-electron chi connectivity index (χ4n) is 2.98. The van der Waals surface area contributed by atoms with Crippen LogP contribution >= 0.6 is 11.6 Å². The van der Waals surface area contributed by atoms with E-state index in [0.29, 0.717) is 5.56 Å². The number of carbonyl (C=O) groups excluding carboxylic acids is 2. The first kappa shape index (κ1) is 18.8. The minimum Gasteiger partial charge on any atom is -0.452 e. The molecular formula is C19H17ClN2O5. The Hall–Kier alpha value is -2.93. The minimum atomic E-state index is -0.586. The number of hydrogen-bond acceptors (Lipinski definition) is 5. The van der Waals surface area contributed by atoms with Crippen LogP contribution in [0.2, 0.25) is 5.02 Å². The van der Waals surface area contributed by atoms with Crippen LogP contribution in [0.3, 0.4) is 0 Å². The van der Waals surface area contributed by atoms with E-state index in [-0.39, 0.29) is 16.4 Å². The highest BCUT2D eigenvalue weighted by Gasteiger charge is 2.16. The van der Waals surface area contributed by atoms with Crippen LogP contribution in [0.4, 0.5) is 11.4 Å². The van der Waals surface area contributed by atoms with Crippen LogP contribution in [0, 0.1) is 10.1 Å². The second-order valence-electron chi connectivity index (χ2n) is 6.24. The van der Waals surface area contributed by atoms with Gasteiger partial charge in [0.2, 0.25) is 0 Å². The summed E-state index contributed by atoms with van der Waals surface area (Å²) in [6, 6.07) is 9.14. The maximum Gasteiger partial charge on any atom is 0.338 e. The number of non-ortho nitro benzene ring substituents is 1. The van der Waals surface area contributed by atoms with Crippen LogP contribution in [0.25, 0.3) is 0 Å². The Bertz CT molecular complexity index is 913. The summed E-state index contributed by atoms with van der Waals surface area (Å²) in [5.41, 5.74) is 2.84. The summed E-state index contributed by atoms with van der Waals surface area (Å²) in [6.45, 7) is -0.483. The Balaban J connectivity index is 1.57. The van der Waals surface area contributed by atoms with E-state index in [4.69, 9.17) is 16.3 Å². The molecular weight excluding hydrogens is 372 g/mol. The molecule has 3 rings (SSSR count). The van der Waals surface area contributed by atoms with Crippen molar-refractivity contribution in [1.82, 2.24) is 0 Å². The van der Waals surface area contributed by atoms with Gasteiger partial charge < -0.3 is 10.1 Å². The third-order valence-corrected chi connectivity index (χ3v) is 4.67. The van der Waals surface area contributed by atoms with Crippen LogP contribution in [-0.2, 0) is 22.4 Å². The number of rotatable bonds is 5. The van der Waals surface area contributed by atoms with E-state index in [9.17, 15) is 19.7 Å². The molecule has 140 valence electrons. The van der Waals surface area contributed by atoms with Gasteiger partial charge in [0.1, 0.15) is 0 Å². The van der Waals surface area contributed by atoms with Crippen molar-refractivity contribution in [2.24, 2.45) is 0 Å². The normalized spacial score (nSPS) is 12.8. The summed E-state index contributed by atoms with van der Waals surface area (Å²) in [5.74, 6) is -1.16. The molecule has 0 unspecified atom stereocenters. The molecule has 1 aliphatic rings. The number of fused-ring (bicyclic) bond motifs is 1. The number of aryl methyl sites for hydroxylation is 2. The molecule has 0 aromatic heterocycles. The van der Waals surface area contributed by atoms with Crippen molar-refractivity contribution >= 4 is 34.9 Å². The van der Waals surface area contributed by atoms with Gasteiger partial charge in [-0.25, -0.2) is 4.79 Å². The van der Waals surface area contributed by atoms with Crippen molar-refractivity contribution in [3.05, 3.63) is 68.2 Å². The summed E-state index contributed by atoms with van der Waals surface area (Å²) >= 11 is 5.92. The van der Waals surface area contributed by atoms with Gasteiger partial charge in [-0.2, -0.15) is 0 Å². The predicted molar refractivity (Wildman–Crippen MR) is 100 cm³/mol. The summed E-state index contributed by atoms with van der Waals surface area (Å²) in [5, 5.41) is 13.2. The summed E-state index contributed by atoms with van der Waals surface area (Å²) in [4.78, 5) is 34.2. The molecule has 0 aliphatic heterocycles. The fourth-order valence-corrected chi connectivity index (χ4v) is 3.20. The van der Waals surface area contributed by atoms with Gasteiger partial charge in [0.15, 0.2) is 6.61 Å². The lowest BCUT2D eigenvalue weighted by atomic mass is 9.90. The molecule has 0 fully saturated rings. The monoisotopic (exact) mass is 388 g/mol. The highest BCUT2D eigenvalue weighted by Crippen LogP contribution is 2.26. The molecule has 0 saturated heterocycles. The average Bonchev–Trinajstić information content (AvgIpc) is 2.67. The molecule has 7 nitrogen and oxygen atoms in total. The molecule has 8 heteroatoms. The van der Waals surface area contributed by atoms with Gasteiger partial charge in [-0.1, -0.05) is 17.7 Å². The Morgan fingerprint density at radius 1 is 1.11 bits per heavy atom. The highest BCUT2D eigenvalue weighted by molar-refractivity contribution is 6.34. The van der Waals surface area contributed by atoms with Gasteiger partial charge in [0.05, 0.1) is 21.2 Å². The number of ether oxygens (including phenoxy) is 1. The van der Waals surface area contributed by atoms with Crippen molar-refractivity contribution in [3.63, 3.8) is 0 Å². The maximum atomic E-state index is 12.2. The number of hydrogen-bond donors (Lipinski definition) is 1. The lowest BCUT2D eigenvalue weighted by Crippen LogP contribution is -2.21. The minimum absolute atomic E-state index is 0.0264. The molecule has 0 spiro atoms. The van der Waals surface area contributed by atoms with Crippen molar-refractivity contribution < 1.29 is 19.2 Å². The molecule has 0 atom stereocenters. The molecule has 0 bridgehead atoms. The topological polar surface area (TPSA) is 98.5 Å². The zero-order chi connectivity index (χ0) is 19.4. The number of carbonyl (C=O) groups is 2. The van der Waals surface area contributed by atoms with E-state index in [0.717, 1.165) is 37.3 Å². The lowest BCUT2D eigenvalue weighted by Gasteiger charge is -2.16. The molecule has 27 heavy (non-hydrogen) atoms. The number of halogens is 1. The Labute approximate surface area is 160 Å². The standard InChI is InChI=1S/C19H17ClN2O5/c20-16-10-15(22(25)26)7-8-17(16)21-18(23)11-27-19(24)14-6-5-12-3-1-2-4-13(12)9-14/h5-10H,1-4,11H2,(H,21,23). The average molecular weight is 389 g/mol. The number of amides is 1. The van der Waals surface area contributed by atoms with Crippen LogP contribution < -0.4 is 5.32 Å². The third kappa shape index (κ3) is 4.62. The number of nitro benzene ring substituents is 1. The molecule has 2 aromatic rings. The highest BCUT2D eigenvalue weighted by atomic mass is 35.5. The quantitative estimate of drug-likeness (QED) is 0.475. The Kier molecular flexibility index (Phi) is 5.71. The van der Waals surface area contributed by atoms with Gasteiger partial charge in [-0.3, -0.25) is 14.9 Å². The van der Waals surface area contributed by atoms with Gasteiger partial charge >= 0.3 is 5.97 Å². The SMILES string of the molecule is O=C(COC(=O)c1ccc2c(c1)CCCC2)Nc1ccc([N+](=O)[O-])cc1Cl. The van der Waals surface area contributed by atoms with Crippen LogP contribution in [0.15, 0.2) is 36.4 Å². The Morgan fingerprint density at radius 2 is 1.85 bits per heavy atom. The van der Waals surface area contributed by atoms with Crippen molar-refractivity contribution in [2.75, 3.05) is 11.9 Å². The first-order valence-corrected chi connectivity index (χ1v) is 8.84. The summed E-state index contributed by atoms with van der Waals surface area (Å²) < 4.78 is 5.05. The van der Waals surface area contributed by atoms with Crippen molar-refractivity contribution in [2.45, 2.75) is 25.7 Å². The van der Waals surface area contributed by atoms with E-state index >= 15 is 0 Å². The van der Waals surface area contributed by atoms with Crippen LogP contribution in [0.1, 0.15) is 34.3 Å². The van der Waals surface area contributed by atoms with Gasteiger partial charge in [0.25, 0.3) is 11.6 Å². The van der Waals surface area contributed by atoms with Gasteiger partial charge in [-0.15, -0.1) is 0 Å². The molecule has 0 radical (unpaired) electrons.